The van der Waals surface area contributed by atoms with Crippen LogP contribution in [0.4, 0.5) is 0 Å². The Kier molecular flexibility index (Phi) is 8.22. The van der Waals surface area contributed by atoms with Gasteiger partial charge in [0, 0.05) is 16.5 Å². The van der Waals surface area contributed by atoms with Gasteiger partial charge in [0.25, 0.3) is 0 Å². The zero-order valence-corrected chi connectivity index (χ0v) is 20.2. The third-order valence-electron chi connectivity index (χ3n) is 5.55. The molecule has 2 aromatic carbocycles. The van der Waals surface area contributed by atoms with Crippen molar-refractivity contribution in [2.24, 2.45) is 0 Å². The third-order valence-corrected chi connectivity index (χ3v) is 6.44. The number of hydrogen-bond acceptors (Lipinski definition) is 10. The van der Waals surface area contributed by atoms with E-state index < -0.39 is 37.3 Å². The SMILES string of the molecule is CCOc1ccc(-c2nc(-c3ccccc3O[C@@H]3O[C@H](CO)[C@@H](O)[C@H](O)[C@H]3O)cs2)cc1OCC. The lowest BCUT2D eigenvalue weighted by atomic mass is 9.99. The number of nitrogens with zero attached hydrogens (tertiary/aromatic N) is 1. The highest BCUT2D eigenvalue weighted by Crippen LogP contribution is 2.38. The first-order chi connectivity index (χ1) is 17.0. The highest BCUT2D eigenvalue weighted by atomic mass is 32.1. The Morgan fingerprint density at radius 3 is 2.40 bits per heavy atom. The molecule has 5 atom stereocenters. The van der Waals surface area contributed by atoms with Gasteiger partial charge >= 0.3 is 0 Å². The molecule has 1 aliphatic rings. The lowest BCUT2D eigenvalue weighted by Crippen LogP contribution is -2.60. The summed E-state index contributed by atoms with van der Waals surface area (Å²) in [7, 11) is 0. The lowest BCUT2D eigenvalue weighted by Gasteiger charge is -2.39. The predicted octanol–water partition coefficient (Wildman–Crippen LogP) is 2.45. The number of para-hydroxylation sites is 1. The number of hydrogen-bond donors (Lipinski definition) is 4. The van der Waals surface area contributed by atoms with E-state index in [0.717, 1.165) is 10.6 Å². The van der Waals surface area contributed by atoms with Crippen LogP contribution in [0.2, 0.25) is 0 Å². The average Bonchev–Trinajstić information content (AvgIpc) is 3.36. The Morgan fingerprint density at radius 1 is 0.914 bits per heavy atom. The normalized spacial score (nSPS) is 24.2. The third kappa shape index (κ3) is 5.43. The lowest BCUT2D eigenvalue weighted by molar-refractivity contribution is -0.277. The van der Waals surface area contributed by atoms with Gasteiger partial charge in [0.2, 0.25) is 6.29 Å². The van der Waals surface area contributed by atoms with Crippen LogP contribution in [-0.2, 0) is 4.74 Å². The molecule has 3 aromatic rings. The highest BCUT2D eigenvalue weighted by molar-refractivity contribution is 7.13. The van der Waals surface area contributed by atoms with Crippen LogP contribution in [-0.4, -0.2) is 75.9 Å². The van der Waals surface area contributed by atoms with E-state index in [0.29, 0.717) is 41.7 Å². The fourth-order valence-corrected chi connectivity index (χ4v) is 4.60. The molecule has 0 spiro atoms. The summed E-state index contributed by atoms with van der Waals surface area (Å²) in [6.45, 7) is 4.34. The molecule has 0 saturated carbocycles. The topological polar surface area (TPSA) is 131 Å². The van der Waals surface area contributed by atoms with Crippen LogP contribution in [0.3, 0.4) is 0 Å². The van der Waals surface area contributed by atoms with Crippen molar-refractivity contribution in [3.63, 3.8) is 0 Å². The quantitative estimate of drug-likeness (QED) is 0.348. The zero-order chi connectivity index (χ0) is 24.9. The first-order valence-electron chi connectivity index (χ1n) is 11.4. The second-order valence-corrected chi connectivity index (χ2v) is 8.73. The van der Waals surface area contributed by atoms with Gasteiger partial charge in [0.05, 0.1) is 25.5 Å². The Balaban J connectivity index is 1.60. The van der Waals surface area contributed by atoms with Gasteiger partial charge in [-0.25, -0.2) is 4.98 Å². The molecule has 0 bridgehead atoms. The van der Waals surface area contributed by atoms with Crippen molar-refractivity contribution in [3.8, 4) is 39.1 Å². The second kappa shape index (κ2) is 11.3. The monoisotopic (exact) mass is 503 g/mol. The maximum atomic E-state index is 10.3. The molecule has 0 unspecified atom stereocenters. The van der Waals surface area contributed by atoms with Gasteiger partial charge in [-0.1, -0.05) is 12.1 Å². The number of rotatable bonds is 9. The number of ether oxygens (including phenoxy) is 4. The van der Waals surface area contributed by atoms with Gasteiger partial charge in [0.1, 0.15) is 35.2 Å². The van der Waals surface area contributed by atoms with Crippen molar-refractivity contribution in [3.05, 3.63) is 47.8 Å². The fraction of sp³-hybridized carbons (Fsp3) is 0.400. The van der Waals surface area contributed by atoms with Crippen LogP contribution < -0.4 is 14.2 Å². The second-order valence-electron chi connectivity index (χ2n) is 7.88. The predicted molar refractivity (Wildman–Crippen MR) is 130 cm³/mol. The first kappa shape index (κ1) is 25.4. The first-order valence-corrected chi connectivity index (χ1v) is 12.3. The summed E-state index contributed by atoms with van der Waals surface area (Å²) < 4.78 is 22.7. The number of aliphatic hydroxyl groups is 4. The molecule has 1 fully saturated rings. The smallest absolute Gasteiger partial charge is 0.229 e. The van der Waals surface area contributed by atoms with Crippen molar-refractivity contribution in [1.82, 2.24) is 4.98 Å². The molecular weight excluding hydrogens is 474 g/mol. The molecule has 188 valence electrons. The molecule has 2 heterocycles. The maximum absolute atomic E-state index is 10.3. The minimum absolute atomic E-state index is 0.371. The van der Waals surface area contributed by atoms with Crippen molar-refractivity contribution >= 4 is 11.3 Å². The molecule has 35 heavy (non-hydrogen) atoms. The average molecular weight is 504 g/mol. The summed E-state index contributed by atoms with van der Waals surface area (Å²) in [6, 6.07) is 12.8. The maximum Gasteiger partial charge on any atom is 0.229 e. The largest absolute Gasteiger partial charge is 0.490 e. The molecule has 4 N–H and O–H groups in total. The van der Waals surface area contributed by atoms with E-state index >= 15 is 0 Å². The van der Waals surface area contributed by atoms with Crippen LogP contribution in [0.5, 0.6) is 17.2 Å². The van der Waals surface area contributed by atoms with Gasteiger partial charge in [-0.3, -0.25) is 0 Å². The van der Waals surface area contributed by atoms with E-state index in [4.69, 9.17) is 23.9 Å². The molecule has 0 amide bonds. The van der Waals surface area contributed by atoms with Crippen LogP contribution in [0, 0.1) is 0 Å². The van der Waals surface area contributed by atoms with Gasteiger partial charge in [0.15, 0.2) is 11.5 Å². The standard InChI is InChI=1S/C25H29NO8S/c1-3-31-18-10-9-14(11-19(18)32-4-2)24-26-16(13-35-24)15-7-5-6-8-17(15)33-25-23(30)22(29)21(28)20(12-27)34-25/h5-11,13,20-23,25,27-30H,3-4,12H2,1-2H3/t20-,21-,22+,23-,25-/m1/s1. The Bertz CT molecular complexity index is 1120. The molecule has 1 aliphatic heterocycles. The van der Waals surface area contributed by atoms with E-state index in [1.807, 2.05) is 49.6 Å². The number of aromatic nitrogens is 1. The summed E-state index contributed by atoms with van der Waals surface area (Å²) in [4.78, 5) is 4.77. The van der Waals surface area contributed by atoms with Gasteiger partial charge in [-0.05, 0) is 44.2 Å². The summed E-state index contributed by atoms with van der Waals surface area (Å²) in [5, 5.41) is 42.5. The van der Waals surface area contributed by atoms with E-state index in [2.05, 4.69) is 0 Å². The Hall–Kier alpha value is -2.73. The molecule has 0 radical (unpaired) electrons. The van der Waals surface area contributed by atoms with E-state index in [1.165, 1.54) is 11.3 Å². The van der Waals surface area contributed by atoms with Crippen LogP contribution in [0.15, 0.2) is 47.8 Å². The van der Waals surface area contributed by atoms with Crippen molar-refractivity contribution < 1.29 is 39.4 Å². The van der Waals surface area contributed by atoms with Crippen molar-refractivity contribution in [2.75, 3.05) is 19.8 Å². The van der Waals surface area contributed by atoms with Gasteiger partial charge in [-0.2, -0.15) is 0 Å². The van der Waals surface area contributed by atoms with Crippen molar-refractivity contribution in [2.45, 2.75) is 44.6 Å². The number of benzene rings is 2. The summed E-state index contributed by atoms with van der Waals surface area (Å²) in [5.41, 5.74) is 2.18. The molecular formula is C25H29NO8S. The Morgan fingerprint density at radius 2 is 1.66 bits per heavy atom. The summed E-state index contributed by atoms with van der Waals surface area (Å²) in [6.07, 6.45) is -6.84. The van der Waals surface area contributed by atoms with Gasteiger partial charge < -0.3 is 39.4 Å². The minimum Gasteiger partial charge on any atom is -0.490 e. The number of aliphatic hydroxyl groups excluding tert-OH is 4. The Labute approximate surface area is 207 Å². The van der Waals surface area contributed by atoms with Crippen LogP contribution >= 0.6 is 11.3 Å². The molecule has 0 aliphatic carbocycles. The molecule has 1 aromatic heterocycles. The van der Waals surface area contributed by atoms with Crippen molar-refractivity contribution in [1.29, 1.82) is 0 Å². The summed E-state index contributed by atoms with van der Waals surface area (Å²) in [5.74, 6) is 1.69. The van der Waals surface area contributed by atoms with Crippen LogP contribution in [0.25, 0.3) is 21.8 Å². The molecule has 4 rings (SSSR count). The summed E-state index contributed by atoms with van der Waals surface area (Å²) >= 11 is 1.45. The highest BCUT2D eigenvalue weighted by Gasteiger charge is 2.44. The molecule has 9 nitrogen and oxygen atoms in total. The van der Waals surface area contributed by atoms with Gasteiger partial charge in [-0.15, -0.1) is 11.3 Å². The van der Waals surface area contributed by atoms with E-state index in [9.17, 15) is 20.4 Å². The van der Waals surface area contributed by atoms with E-state index in [1.54, 1.807) is 12.1 Å². The minimum atomic E-state index is -1.52. The van der Waals surface area contributed by atoms with Crippen LogP contribution in [0.1, 0.15) is 13.8 Å². The molecule has 10 heteroatoms. The molecule has 1 saturated heterocycles. The van der Waals surface area contributed by atoms with E-state index in [-0.39, 0.29) is 0 Å². The zero-order valence-electron chi connectivity index (χ0n) is 19.4. The fourth-order valence-electron chi connectivity index (χ4n) is 3.79. The number of thiazole rings is 1.